The van der Waals surface area contributed by atoms with Crippen molar-refractivity contribution in [3.05, 3.63) is 32.6 Å². The molecular formula is C19H31N2O7PS. The highest BCUT2D eigenvalue weighted by atomic mass is 32.2. The van der Waals surface area contributed by atoms with E-state index in [0.29, 0.717) is 37.6 Å². The van der Waals surface area contributed by atoms with Crippen molar-refractivity contribution in [3.8, 4) is 0 Å². The third kappa shape index (κ3) is 7.59. The van der Waals surface area contributed by atoms with Crippen LogP contribution in [0.15, 0.2) is 15.8 Å². The van der Waals surface area contributed by atoms with Gasteiger partial charge in [-0.3, -0.25) is 19.1 Å². The number of hydrogen-bond acceptors (Lipinski definition) is 8. The van der Waals surface area contributed by atoms with Gasteiger partial charge in [-0.1, -0.05) is 32.5 Å². The second-order valence-corrected chi connectivity index (χ2v) is 9.06. The molecule has 2 rings (SSSR count). The minimum atomic E-state index is -0.491. The first-order valence-corrected chi connectivity index (χ1v) is 11.9. The lowest BCUT2D eigenvalue weighted by Crippen LogP contribution is -2.33. The van der Waals surface area contributed by atoms with E-state index in [-0.39, 0.29) is 32.3 Å². The van der Waals surface area contributed by atoms with Crippen LogP contribution < -0.4 is 11.2 Å². The highest BCUT2D eigenvalue weighted by molar-refractivity contribution is 8.13. The summed E-state index contributed by atoms with van der Waals surface area (Å²) in [6.45, 7) is 8.72. The molecule has 1 aromatic heterocycles. The Kier molecular flexibility index (Phi) is 10.7. The van der Waals surface area contributed by atoms with Crippen molar-refractivity contribution in [1.82, 2.24) is 9.55 Å². The van der Waals surface area contributed by atoms with Gasteiger partial charge in [-0.05, 0) is 13.3 Å². The first kappa shape index (κ1) is 25.2. The molecule has 1 fully saturated rings. The minimum Gasteiger partial charge on any atom is -0.378 e. The molecule has 0 aliphatic carbocycles. The number of nitrogens with zero attached hydrogens (tertiary/aromatic N) is 1. The molecule has 0 spiro atoms. The minimum absolute atomic E-state index is 0.0367. The summed E-state index contributed by atoms with van der Waals surface area (Å²) in [7, 11) is -0.164. The summed E-state index contributed by atoms with van der Waals surface area (Å²) < 4.78 is 24.1. The Bertz CT molecular complexity index is 798. The Morgan fingerprint density at radius 1 is 1.37 bits per heavy atom. The van der Waals surface area contributed by atoms with Gasteiger partial charge in [0.15, 0.2) is 14.1 Å². The zero-order valence-electron chi connectivity index (χ0n) is 17.8. The van der Waals surface area contributed by atoms with Crippen molar-refractivity contribution in [2.75, 3.05) is 25.6 Å². The lowest BCUT2D eigenvalue weighted by molar-refractivity contribution is -0.113. The first-order valence-electron chi connectivity index (χ1n) is 10.1. The molecule has 2 heterocycles. The maximum absolute atomic E-state index is 12.1. The maximum atomic E-state index is 12.1. The van der Waals surface area contributed by atoms with Crippen LogP contribution >= 0.6 is 20.8 Å². The molecule has 1 N–H and O–H groups in total. The van der Waals surface area contributed by atoms with Gasteiger partial charge < -0.3 is 18.5 Å². The Morgan fingerprint density at radius 2 is 2.13 bits per heavy atom. The number of aromatic nitrogens is 2. The van der Waals surface area contributed by atoms with Crippen molar-refractivity contribution in [2.24, 2.45) is 5.92 Å². The van der Waals surface area contributed by atoms with Crippen molar-refractivity contribution in [3.63, 3.8) is 0 Å². The summed E-state index contributed by atoms with van der Waals surface area (Å²) >= 11 is 1.29. The summed E-state index contributed by atoms with van der Waals surface area (Å²) in [5.74, 6) is 0.674. The molecule has 170 valence electrons. The lowest BCUT2D eigenvalue weighted by atomic mass is 10.1. The summed E-state index contributed by atoms with van der Waals surface area (Å²) in [4.78, 5) is 37.4. The van der Waals surface area contributed by atoms with Gasteiger partial charge in [0.25, 0.3) is 5.56 Å². The van der Waals surface area contributed by atoms with Crippen LogP contribution in [0.4, 0.5) is 0 Å². The lowest BCUT2D eigenvalue weighted by Gasteiger charge is -2.16. The van der Waals surface area contributed by atoms with Gasteiger partial charge in [-0.25, -0.2) is 4.79 Å². The number of carbonyl (C=O) groups excluding carboxylic acids is 1. The summed E-state index contributed by atoms with van der Waals surface area (Å²) in [5, 5.41) is 0.173. The van der Waals surface area contributed by atoms with Crippen LogP contribution in [0.3, 0.4) is 0 Å². The van der Waals surface area contributed by atoms with Gasteiger partial charge in [-0.15, -0.1) is 0 Å². The fourth-order valence-electron chi connectivity index (χ4n) is 2.87. The molecule has 11 heteroatoms. The van der Waals surface area contributed by atoms with Crippen LogP contribution in [-0.2, 0) is 23.3 Å². The number of carbonyl (C=O) groups is 1. The van der Waals surface area contributed by atoms with E-state index in [9.17, 15) is 14.4 Å². The Balaban J connectivity index is 1.67. The van der Waals surface area contributed by atoms with E-state index < -0.39 is 17.5 Å². The van der Waals surface area contributed by atoms with Crippen molar-refractivity contribution in [2.45, 2.75) is 59.0 Å². The molecule has 30 heavy (non-hydrogen) atoms. The number of nitrogens with one attached hydrogen (secondary N) is 1. The fourth-order valence-corrected chi connectivity index (χ4v) is 4.21. The molecule has 1 saturated heterocycles. The molecule has 0 amide bonds. The van der Waals surface area contributed by atoms with Crippen molar-refractivity contribution in [1.29, 1.82) is 0 Å². The van der Waals surface area contributed by atoms with Gasteiger partial charge in [-0.2, -0.15) is 0 Å². The number of hydrogen-bond donors (Lipinski definition) is 1. The second-order valence-electron chi connectivity index (χ2n) is 7.27. The van der Waals surface area contributed by atoms with E-state index in [1.54, 1.807) is 6.92 Å². The number of H-pyrrole nitrogens is 1. The normalized spacial score (nSPS) is 21.8. The largest absolute Gasteiger partial charge is 0.378 e. The number of ether oxygens (including phenoxy) is 2. The fraction of sp³-hybridized carbons (Fsp3) is 0.737. The molecule has 0 radical (unpaired) electrons. The highest BCUT2D eigenvalue weighted by Gasteiger charge is 2.36. The monoisotopic (exact) mass is 462 g/mol. The molecule has 2 unspecified atom stereocenters. The van der Waals surface area contributed by atoms with E-state index in [0.717, 1.165) is 6.42 Å². The van der Waals surface area contributed by atoms with Crippen LogP contribution in [0.5, 0.6) is 0 Å². The molecule has 1 aliphatic rings. The van der Waals surface area contributed by atoms with Crippen molar-refractivity contribution < 1.29 is 23.3 Å². The Hall–Kier alpha value is -1.03. The van der Waals surface area contributed by atoms with Gasteiger partial charge in [0.1, 0.15) is 6.23 Å². The molecular weight excluding hydrogens is 431 g/mol. The zero-order valence-corrected chi connectivity index (χ0v) is 19.7. The molecule has 0 saturated carbocycles. The van der Waals surface area contributed by atoms with E-state index >= 15 is 0 Å². The average molecular weight is 463 g/mol. The van der Waals surface area contributed by atoms with Gasteiger partial charge in [0.05, 0.1) is 32.0 Å². The van der Waals surface area contributed by atoms with Crippen LogP contribution in [0.2, 0.25) is 0 Å². The van der Waals surface area contributed by atoms with E-state index in [4.69, 9.17) is 18.5 Å². The Labute approximate surface area is 182 Å². The number of thioether (sulfide) groups is 1. The molecule has 0 bridgehead atoms. The van der Waals surface area contributed by atoms with E-state index in [2.05, 4.69) is 4.98 Å². The van der Waals surface area contributed by atoms with Crippen LogP contribution in [-0.4, -0.2) is 52.4 Å². The first-order chi connectivity index (χ1) is 14.3. The maximum Gasteiger partial charge on any atom is 0.330 e. The van der Waals surface area contributed by atoms with Crippen LogP contribution in [0, 0.1) is 12.8 Å². The summed E-state index contributed by atoms with van der Waals surface area (Å²) in [6.07, 6.45) is 1.91. The predicted molar refractivity (Wildman–Crippen MR) is 117 cm³/mol. The Morgan fingerprint density at radius 3 is 2.83 bits per heavy atom. The van der Waals surface area contributed by atoms with E-state index in [1.807, 2.05) is 20.8 Å². The highest BCUT2D eigenvalue weighted by Crippen LogP contribution is 2.35. The van der Waals surface area contributed by atoms with Crippen molar-refractivity contribution >= 4 is 25.9 Å². The average Bonchev–Trinajstić information content (AvgIpc) is 3.12. The second kappa shape index (κ2) is 12.7. The van der Waals surface area contributed by atoms with Gasteiger partial charge in [0, 0.05) is 29.9 Å². The SMILES string of the molecule is CC[C@H]1O[C@@H](n2cc(C)c(=O)[nH]c2=O)CC1OPOCCOCCSC(=O)C(C)C. The zero-order chi connectivity index (χ0) is 22.1. The third-order valence-corrected chi connectivity index (χ3v) is 6.42. The quantitative estimate of drug-likeness (QED) is 0.373. The molecule has 4 atom stereocenters. The molecule has 9 nitrogen and oxygen atoms in total. The van der Waals surface area contributed by atoms with Gasteiger partial charge >= 0.3 is 5.69 Å². The number of rotatable bonds is 12. The topological polar surface area (TPSA) is 109 Å². The smallest absolute Gasteiger partial charge is 0.330 e. The standard InChI is InChI=1S/C19H31N2O7PS/c1-5-14-15(10-16(27-14)21-11-13(4)17(22)20-19(21)24)28-29-26-7-6-25-8-9-30-18(23)12(2)3/h11-12,14-16,29H,5-10H2,1-4H3,(H,20,22,24)/t14-,15?,16-/m1/s1. The van der Waals surface area contributed by atoms with E-state index in [1.165, 1.54) is 22.5 Å². The molecule has 1 aliphatic heterocycles. The third-order valence-electron chi connectivity index (χ3n) is 4.57. The number of aryl methyl sites for hydroxylation is 1. The molecule has 1 aromatic rings. The van der Waals surface area contributed by atoms with Crippen LogP contribution in [0.1, 0.15) is 45.4 Å². The summed E-state index contributed by atoms with van der Waals surface area (Å²) in [6, 6.07) is 0. The molecule has 0 aromatic carbocycles. The van der Waals surface area contributed by atoms with Crippen LogP contribution in [0.25, 0.3) is 0 Å². The summed E-state index contributed by atoms with van der Waals surface area (Å²) in [5.41, 5.74) is -0.431. The number of aromatic amines is 1. The van der Waals surface area contributed by atoms with Gasteiger partial charge in [0.2, 0.25) is 0 Å². The predicted octanol–water partition coefficient (Wildman–Crippen LogP) is 2.39.